The number of aromatic nitrogens is 4. The lowest BCUT2D eigenvalue weighted by Gasteiger charge is -2.29. The van der Waals surface area contributed by atoms with Crippen molar-refractivity contribution in [1.29, 1.82) is 0 Å². The van der Waals surface area contributed by atoms with Gasteiger partial charge >= 0.3 is 6.03 Å². The normalized spacial score (nSPS) is 22.3. The summed E-state index contributed by atoms with van der Waals surface area (Å²) < 4.78 is 26.7. The van der Waals surface area contributed by atoms with Crippen molar-refractivity contribution in [3.8, 4) is 11.5 Å². The van der Waals surface area contributed by atoms with E-state index in [0.717, 1.165) is 13.0 Å². The van der Waals surface area contributed by atoms with Gasteiger partial charge in [-0.15, -0.1) is 0 Å². The number of carbonyl (C=O) groups excluding carboxylic acids is 1. The number of amides is 2. The lowest BCUT2D eigenvalue weighted by Crippen LogP contribution is -2.46. The van der Waals surface area contributed by atoms with Gasteiger partial charge in [-0.2, -0.15) is 0 Å². The molecule has 2 aromatic heterocycles. The Hall–Kier alpha value is -4.50. The van der Waals surface area contributed by atoms with Gasteiger partial charge in [0.2, 0.25) is 5.72 Å². The van der Waals surface area contributed by atoms with Gasteiger partial charge in [0.15, 0.2) is 17.3 Å². The Bertz CT molecular complexity index is 1630. The van der Waals surface area contributed by atoms with E-state index in [2.05, 4.69) is 30.5 Å². The summed E-state index contributed by atoms with van der Waals surface area (Å²) in [6.07, 6.45) is 3.14. The third-order valence-corrected chi connectivity index (χ3v) is 7.64. The van der Waals surface area contributed by atoms with E-state index < -0.39 is 17.6 Å². The fourth-order valence-electron chi connectivity index (χ4n) is 5.66. The van der Waals surface area contributed by atoms with Crippen LogP contribution in [0.2, 0.25) is 0 Å². The van der Waals surface area contributed by atoms with Crippen molar-refractivity contribution in [1.82, 2.24) is 29.7 Å². The Kier molecular flexibility index (Phi) is 7.98. The molecule has 2 aliphatic rings. The van der Waals surface area contributed by atoms with Crippen molar-refractivity contribution in [2.45, 2.75) is 44.0 Å². The van der Waals surface area contributed by atoms with Crippen LogP contribution in [-0.2, 0) is 19.9 Å². The highest BCUT2D eigenvalue weighted by molar-refractivity contribution is 5.89. The van der Waals surface area contributed by atoms with Crippen molar-refractivity contribution >= 4 is 34.4 Å². The average Bonchev–Trinajstić information content (AvgIpc) is 3.64. The van der Waals surface area contributed by atoms with Crippen LogP contribution in [-0.4, -0.2) is 81.7 Å². The zero-order chi connectivity index (χ0) is 30.9. The molecule has 0 spiro atoms. The molecule has 3 unspecified atom stereocenters. The van der Waals surface area contributed by atoms with Gasteiger partial charge < -0.3 is 45.9 Å². The van der Waals surface area contributed by atoms with Crippen LogP contribution in [0.4, 0.5) is 22.0 Å². The van der Waals surface area contributed by atoms with Crippen LogP contribution in [0.25, 0.3) is 11.2 Å². The Morgan fingerprint density at radius 2 is 1.93 bits per heavy atom. The third kappa shape index (κ3) is 5.97. The van der Waals surface area contributed by atoms with Gasteiger partial charge in [0.05, 0.1) is 18.6 Å². The molecule has 2 saturated heterocycles. The molecule has 0 saturated carbocycles. The maximum absolute atomic E-state index is 12.4. The number of imidazole rings is 1. The van der Waals surface area contributed by atoms with E-state index in [1.807, 2.05) is 37.6 Å². The van der Waals surface area contributed by atoms with E-state index in [9.17, 15) is 4.79 Å². The van der Waals surface area contributed by atoms with Crippen LogP contribution >= 0.6 is 0 Å². The number of hydrogen-bond acceptors (Lipinski definition) is 11. The molecule has 2 fully saturated rings. The van der Waals surface area contributed by atoms with E-state index >= 15 is 0 Å². The van der Waals surface area contributed by atoms with Crippen molar-refractivity contribution in [2.24, 2.45) is 0 Å². The molecule has 4 aromatic rings. The molecule has 2 aromatic carbocycles. The van der Waals surface area contributed by atoms with Crippen LogP contribution in [0.1, 0.15) is 20.3 Å². The maximum atomic E-state index is 12.4. The van der Waals surface area contributed by atoms with Crippen LogP contribution in [0, 0.1) is 0 Å². The van der Waals surface area contributed by atoms with E-state index in [1.54, 1.807) is 42.7 Å². The largest absolute Gasteiger partial charge is 0.455 e. The number of anilines is 3. The second kappa shape index (κ2) is 11.9. The molecule has 2 amide bonds. The number of carbonyl (C=O) groups is 1. The van der Waals surface area contributed by atoms with Crippen molar-refractivity contribution in [3.63, 3.8) is 0 Å². The number of rotatable bonds is 10. The van der Waals surface area contributed by atoms with Gasteiger partial charge in [-0.1, -0.05) is 12.1 Å². The van der Waals surface area contributed by atoms with E-state index in [1.165, 1.54) is 6.33 Å². The summed E-state index contributed by atoms with van der Waals surface area (Å²) in [5, 5.41) is 5.74. The van der Waals surface area contributed by atoms with Gasteiger partial charge in [0.25, 0.3) is 0 Å². The number of nitrogen functional groups attached to an aromatic ring is 2. The first-order valence-electron chi connectivity index (χ1n) is 14.4. The first-order valence-corrected chi connectivity index (χ1v) is 14.4. The van der Waals surface area contributed by atoms with Gasteiger partial charge in [-0.25, -0.2) is 19.7 Å². The minimum atomic E-state index is -0.941. The Balaban J connectivity index is 0.978. The SMILES string of the molecule is CN(CCCNC(=O)Nc1ccc(Oc2ccccc2N)cc1)CC1OCC2(n3cnc4c(N)ncnc43)OC(C)(C)OC12. The Morgan fingerprint density at radius 3 is 2.73 bits per heavy atom. The van der Waals surface area contributed by atoms with Crippen molar-refractivity contribution < 1.29 is 23.7 Å². The lowest BCUT2D eigenvalue weighted by molar-refractivity contribution is -0.205. The minimum absolute atomic E-state index is 0.264. The number of hydrogen-bond donors (Lipinski definition) is 4. The molecular formula is C30H37N9O5. The van der Waals surface area contributed by atoms with Crippen LogP contribution in [0.3, 0.4) is 0 Å². The molecule has 4 heterocycles. The van der Waals surface area contributed by atoms with Crippen molar-refractivity contribution in [3.05, 3.63) is 61.2 Å². The Morgan fingerprint density at radius 1 is 1.14 bits per heavy atom. The van der Waals surface area contributed by atoms with Crippen LogP contribution < -0.4 is 26.8 Å². The number of nitrogens with one attached hydrogen (secondary N) is 2. The number of para-hydroxylation sites is 2. The summed E-state index contributed by atoms with van der Waals surface area (Å²) in [6.45, 7) is 5.87. The molecule has 0 aliphatic carbocycles. The number of nitrogens with zero attached hydrogens (tertiary/aromatic N) is 5. The minimum Gasteiger partial charge on any atom is -0.455 e. The summed E-state index contributed by atoms with van der Waals surface area (Å²) in [5.74, 6) is 0.668. The molecule has 14 nitrogen and oxygen atoms in total. The van der Waals surface area contributed by atoms with Gasteiger partial charge in [0.1, 0.15) is 35.6 Å². The highest BCUT2D eigenvalue weighted by Crippen LogP contribution is 2.47. The van der Waals surface area contributed by atoms with E-state index in [0.29, 0.717) is 52.9 Å². The number of nitrogens with two attached hydrogens (primary N) is 2. The first-order chi connectivity index (χ1) is 21.1. The Labute approximate surface area is 254 Å². The lowest BCUT2D eigenvalue weighted by atomic mass is 10.0. The smallest absolute Gasteiger partial charge is 0.319 e. The maximum Gasteiger partial charge on any atom is 0.319 e. The summed E-state index contributed by atoms with van der Waals surface area (Å²) >= 11 is 0. The molecule has 6 rings (SSSR count). The van der Waals surface area contributed by atoms with E-state index in [4.69, 9.17) is 30.4 Å². The molecule has 14 heteroatoms. The summed E-state index contributed by atoms with van der Waals surface area (Å²) in [5.41, 5.74) is 13.3. The highest BCUT2D eigenvalue weighted by Gasteiger charge is 2.63. The molecule has 44 heavy (non-hydrogen) atoms. The fourth-order valence-corrected chi connectivity index (χ4v) is 5.66. The second-order valence-electron chi connectivity index (χ2n) is 11.4. The molecule has 3 atom stereocenters. The van der Waals surface area contributed by atoms with Crippen LogP contribution in [0.5, 0.6) is 11.5 Å². The first kappa shape index (κ1) is 29.6. The quantitative estimate of drug-likeness (QED) is 0.155. The molecule has 0 bridgehead atoms. The fraction of sp³-hybridized carbons (Fsp3) is 0.400. The van der Waals surface area contributed by atoms with Gasteiger partial charge in [0, 0.05) is 18.8 Å². The molecule has 0 radical (unpaired) electrons. The predicted octanol–water partition coefficient (Wildman–Crippen LogP) is 3.13. The third-order valence-electron chi connectivity index (χ3n) is 7.64. The number of ether oxygens (including phenoxy) is 4. The highest BCUT2D eigenvalue weighted by atomic mass is 16.8. The average molecular weight is 604 g/mol. The molecule has 2 aliphatic heterocycles. The predicted molar refractivity (Wildman–Crippen MR) is 164 cm³/mol. The number of urea groups is 1. The van der Waals surface area contributed by atoms with Crippen LogP contribution in [0.15, 0.2) is 61.2 Å². The topological polar surface area (TPSA) is 177 Å². The monoisotopic (exact) mass is 603 g/mol. The van der Waals surface area contributed by atoms with Crippen molar-refractivity contribution in [2.75, 3.05) is 50.1 Å². The van der Waals surface area contributed by atoms with Gasteiger partial charge in [-0.05, 0) is 70.3 Å². The molecule has 6 N–H and O–H groups in total. The van der Waals surface area contributed by atoms with Gasteiger partial charge in [-0.3, -0.25) is 4.57 Å². The number of benzene rings is 2. The zero-order valence-corrected chi connectivity index (χ0v) is 24.9. The summed E-state index contributed by atoms with van der Waals surface area (Å²) in [4.78, 5) is 27.5. The summed E-state index contributed by atoms with van der Waals surface area (Å²) in [7, 11) is 2.01. The summed E-state index contributed by atoms with van der Waals surface area (Å²) in [6, 6.07) is 14.1. The molecular weight excluding hydrogens is 566 g/mol. The second-order valence-corrected chi connectivity index (χ2v) is 11.4. The molecule has 232 valence electrons. The standard InChI is InChI=1S/C30H37N9O5/c1-29(2)43-25-23(41-16-30(25,44-29)39-18-36-24-26(32)34-17-35-27(24)39)15-38(3)14-6-13-33-28(40)37-19-9-11-20(12-10-19)42-22-8-5-4-7-21(22)31/h4-5,7-12,17-18,23,25H,6,13-16,31H2,1-3H3,(H2,32,34,35)(H2,33,37,40). The van der Waals surface area contributed by atoms with E-state index in [-0.39, 0.29) is 18.7 Å². The number of likely N-dealkylation sites (N-methyl/N-ethyl adjacent to an activating group) is 1. The number of fused-ring (bicyclic) bond motifs is 2. The zero-order valence-electron chi connectivity index (χ0n) is 24.9.